The van der Waals surface area contributed by atoms with E-state index in [1.165, 1.54) is 26.2 Å². The summed E-state index contributed by atoms with van der Waals surface area (Å²) in [6.07, 6.45) is 4.85. The maximum atomic E-state index is 13.1. The van der Waals surface area contributed by atoms with Crippen molar-refractivity contribution in [2.75, 3.05) is 10.2 Å². The molecule has 1 atom stereocenters. The lowest BCUT2D eigenvalue weighted by molar-refractivity contribution is -0.116. The Morgan fingerprint density at radius 3 is 2.24 bits per heavy atom. The molecule has 0 aliphatic heterocycles. The number of carbonyl (C=O) groups is 2. The number of aliphatic hydroxyl groups is 2. The van der Waals surface area contributed by atoms with Crippen LogP contribution >= 0.6 is 0 Å². The second kappa shape index (κ2) is 16.1. The first-order valence-electron chi connectivity index (χ1n) is 15.7. The molecule has 8 nitrogen and oxygen atoms in total. The number of para-hydroxylation sites is 1. The smallest absolute Gasteiger partial charge is 0.259 e. The van der Waals surface area contributed by atoms with E-state index in [4.69, 9.17) is 4.74 Å². The second-order valence-electron chi connectivity index (χ2n) is 11.5. The summed E-state index contributed by atoms with van der Waals surface area (Å²) in [5, 5.41) is 34.8. The Morgan fingerprint density at radius 2 is 1.56 bits per heavy atom. The zero-order chi connectivity index (χ0) is 32.3. The number of anilines is 2. The third-order valence-corrected chi connectivity index (χ3v) is 8.05. The molecule has 4 N–H and O–H groups in total. The molecule has 0 spiro atoms. The highest BCUT2D eigenvalue weighted by Crippen LogP contribution is 2.36. The van der Waals surface area contributed by atoms with Crippen molar-refractivity contribution in [1.29, 1.82) is 0 Å². The molecule has 0 saturated heterocycles. The number of amides is 2. The number of fused-ring (bicyclic) bond motifs is 1. The summed E-state index contributed by atoms with van der Waals surface area (Å²) in [6.45, 7) is 5.81. The van der Waals surface area contributed by atoms with Crippen LogP contribution in [-0.4, -0.2) is 39.5 Å². The molecule has 45 heavy (non-hydrogen) atoms. The summed E-state index contributed by atoms with van der Waals surface area (Å²) in [5.41, 5.74) is 3.14. The summed E-state index contributed by atoms with van der Waals surface area (Å²) in [5.74, 6) is -0.260. The zero-order valence-corrected chi connectivity index (χ0v) is 26.3. The van der Waals surface area contributed by atoms with Crippen LogP contribution in [0.25, 0.3) is 10.8 Å². The molecule has 4 aromatic carbocycles. The van der Waals surface area contributed by atoms with Gasteiger partial charge in [-0.2, -0.15) is 0 Å². The number of carbonyl (C=O) groups excluding carboxylic acids is 2. The van der Waals surface area contributed by atoms with Gasteiger partial charge in [0.2, 0.25) is 5.91 Å². The number of aromatic hydroxyl groups is 1. The van der Waals surface area contributed by atoms with Crippen LogP contribution < -0.4 is 15.0 Å². The van der Waals surface area contributed by atoms with Gasteiger partial charge in [0, 0.05) is 23.4 Å². The number of nitrogens with one attached hydrogen (secondary N) is 1. The van der Waals surface area contributed by atoms with E-state index in [-0.39, 0.29) is 23.8 Å². The number of phenols is 1. The Kier molecular flexibility index (Phi) is 12.0. The standard InChI is InChI=1S/C37H44N2O6/c1-4-5-6-7-8-9-17-34(37(43)44)45-28-20-18-27(19-21-28)24-39(26(3)40)33-16-12-14-30-29(33)22-23-31(35(30)41)36(42)38-32-15-11-10-13-25(32)2/h10-16,18-23,34,37,41,43-44H,4-9,17,24H2,1-3H3,(H,38,42). The van der Waals surface area contributed by atoms with E-state index >= 15 is 0 Å². The molecule has 0 fully saturated rings. The van der Waals surface area contributed by atoms with Crippen LogP contribution in [0.15, 0.2) is 78.9 Å². The number of nitrogens with zero attached hydrogens (tertiary/aromatic N) is 1. The Bertz CT molecular complexity index is 1580. The van der Waals surface area contributed by atoms with Gasteiger partial charge in [0.1, 0.15) is 17.6 Å². The van der Waals surface area contributed by atoms with Crippen LogP contribution in [0.4, 0.5) is 11.4 Å². The molecule has 2 amide bonds. The molecule has 0 aliphatic rings. The Hall–Kier alpha value is -4.40. The number of hydrogen-bond acceptors (Lipinski definition) is 6. The van der Waals surface area contributed by atoms with Crippen molar-refractivity contribution in [2.45, 2.75) is 84.7 Å². The van der Waals surface area contributed by atoms with Crippen molar-refractivity contribution < 1.29 is 29.6 Å². The van der Waals surface area contributed by atoms with E-state index < -0.39 is 18.3 Å². The van der Waals surface area contributed by atoms with E-state index in [9.17, 15) is 24.9 Å². The van der Waals surface area contributed by atoms with Gasteiger partial charge in [-0.1, -0.05) is 87.6 Å². The SMILES string of the molecule is CCCCCCCCC(Oc1ccc(CN(C(C)=O)c2cccc3c(O)c(C(=O)Nc4ccccc4C)ccc23)cc1)C(O)O. The maximum Gasteiger partial charge on any atom is 0.259 e. The molecule has 238 valence electrons. The van der Waals surface area contributed by atoms with Gasteiger partial charge in [0.05, 0.1) is 17.8 Å². The van der Waals surface area contributed by atoms with Gasteiger partial charge >= 0.3 is 0 Å². The van der Waals surface area contributed by atoms with Gasteiger partial charge in [0.25, 0.3) is 5.91 Å². The largest absolute Gasteiger partial charge is 0.506 e. The lowest BCUT2D eigenvalue weighted by Crippen LogP contribution is -2.31. The highest BCUT2D eigenvalue weighted by molar-refractivity contribution is 6.12. The summed E-state index contributed by atoms with van der Waals surface area (Å²) < 4.78 is 5.90. The monoisotopic (exact) mass is 612 g/mol. The average Bonchev–Trinajstić information content (AvgIpc) is 3.02. The highest BCUT2D eigenvalue weighted by atomic mass is 16.6. The van der Waals surface area contributed by atoms with Crippen LogP contribution in [0.3, 0.4) is 0 Å². The number of benzene rings is 4. The molecule has 1 unspecified atom stereocenters. The molecular weight excluding hydrogens is 568 g/mol. The quantitative estimate of drug-likeness (QED) is 0.0817. The van der Waals surface area contributed by atoms with Crippen LogP contribution in [0.2, 0.25) is 0 Å². The molecule has 0 aliphatic carbocycles. The van der Waals surface area contributed by atoms with Gasteiger partial charge in [-0.05, 0) is 61.2 Å². The summed E-state index contributed by atoms with van der Waals surface area (Å²) in [4.78, 5) is 27.5. The second-order valence-corrected chi connectivity index (χ2v) is 11.5. The first kappa shape index (κ1) is 33.5. The van der Waals surface area contributed by atoms with Gasteiger partial charge in [-0.25, -0.2) is 0 Å². The van der Waals surface area contributed by atoms with Gasteiger partial charge < -0.3 is 30.3 Å². The topological polar surface area (TPSA) is 119 Å². The van der Waals surface area contributed by atoms with E-state index in [1.54, 1.807) is 47.4 Å². The third kappa shape index (κ3) is 8.84. The zero-order valence-electron chi connectivity index (χ0n) is 26.3. The summed E-state index contributed by atoms with van der Waals surface area (Å²) >= 11 is 0. The third-order valence-electron chi connectivity index (χ3n) is 8.05. The van der Waals surface area contributed by atoms with Gasteiger partial charge in [-0.3, -0.25) is 9.59 Å². The van der Waals surface area contributed by atoms with Crippen LogP contribution in [0, 0.1) is 6.92 Å². The number of aryl methyl sites for hydroxylation is 1. The number of hydrogen-bond donors (Lipinski definition) is 4. The number of unbranched alkanes of at least 4 members (excludes halogenated alkanes) is 5. The van der Waals surface area contributed by atoms with Crippen molar-refractivity contribution >= 4 is 34.0 Å². The average molecular weight is 613 g/mol. The number of ether oxygens (including phenoxy) is 1. The Balaban J connectivity index is 1.48. The van der Waals surface area contributed by atoms with Crippen LogP contribution in [0.5, 0.6) is 11.5 Å². The van der Waals surface area contributed by atoms with Crippen molar-refractivity contribution in [3.8, 4) is 11.5 Å². The van der Waals surface area contributed by atoms with E-state index in [0.29, 0.717) is 34.3 Å². The predicted octanol–water partition coefficient (Wildman–Crippen LogP) is 7.47. The molecule has 0 saturated carbocycles. The number of phenolic OH excluding ortho intramolecular Hbond substituents is 1. The molecule has 8 heteroatoms. The Morgan fingerprint density at radius 1 is 0.844 bits per heavy atom. The predicted molar refractivity (Wildman–Crippen MR) is 179 cm³/mol. The fraction of sp³-hybridized carbons (Fsp3) is 0.351. The normalized spacial score (nSPS) is 11.9. The van der Waals surface area contributed by atoms with Crippen molar-refractivity contribution in [3.63, 3.8) is 0 Å². The molecule has 0 heterocycles. The number of rotatable bonds is 15. The van der Waals surface area contributed by atoms with Crippen molar-refractivity contribution in [1.82, 2.24) is 0 Å². The van der Waals surface area contributed by atoms with Crippen molar-refractivity contribution in [2.24, 2.45) is 0 Å². The summed E-state index contributed by atoms with van der Waals surface area (Å²) in [6, 6.07) is 23.2. The fourth-order valence-corrected chi connectivity index (χ4v) is 5.44. The van der Waals surface area contributed by atoms with Crippen molar-refractivity contribution in [3.05, 3.63) is 95.6 Å². The number of aliphatic hydroxyl groups excluding tert-OH is 1. The first-order chi connectivity index (χ1) is 21.7. The molecule has 0 radical (unpaired) electrons. The molecule has 0 aromatic heterocycles. The van der Waals surface area contributed by atoms with Crippen LogP contribution in [0.1, 0.15) is 80.3 Å². The van der Waals surface area contributed by atoms with E-state index in [2.05, 4.69) is 12.2 Å². The minimum atomic E-state index is -1.58. The molecular formula is C37H44N2O6. The van der Waals surface area contributed by atoms with Gasteiger partial charge in [-0.15, -0.1) is 0 Å². The maximum absolute atomic E-state index is 13.1. The van der Waals surface area contributed by atoms with E-state index in [1.807, 2.05) is 43.3 Å². The lowest BCUT2D eigenvalue weighted by Gasteiger charge is -2.24. The summed E-state index contributed by atoms with van der Waals surface area (Å²) in [7, 11) is 0. The molecule has 0 bridgehead atoms. The first-order valence-corrected chi connectivity index (χ1v) is 15.7. The van der Waals surface area contributed by atoms with Crippen LogP contribution in [-0.2, 0) is 11.3 Å². The molecule has 4 rings (SSSR count). The molecule has 4 aromatic rings. The Labute approximate surface area is 265 Å². The van der Waals surface area contributed by atoms with E-state index in [0.717, 1.165) is 30.4 Å². The lowest BCUT2D eigenvalue weighted by atomic mass is 10.0. The fourth-order valence-electron chi connectivity index (χ4n) is 5.44. The highest BCUT2D eigenvalue weighted by Gasteiger charge is 2.21. The minimum Gasteiger partial charge on any atom is -0.506 e. The van der Waals surface area contributed by atoms with Gasteiger partial charge in [0.15, 0.2) is 6.29 Å². The minimum absolute atomic E-state index is 0.135.